The highest BCUT2D eigenvalue weighted by Gasteiger charge is 2.22. The SMILES string of the molecule is Cc1ccc(NC(=O)c2ccc3cnccc3c2)cc1C(=O)Nc1cnc(Nc2cccc(NC3CCN(C(=O)CF)CC3)c2)nc1. The maximum atomic E-state index is 13.2. The fourth-order valence-electron chi connectivity index (χ4n) is 5.44. The van der Waals surface area contributed by atoms with Crippen LogP contribution in [0.1, 0.15) is 39.1 Å². The number of fused-ring (bicyclic) bond motifs is 1. The highest BCUT2D eigenvalue weighted by atomic mass is 19.1. The number of alkyl halides is 1. The van der Waals surface area contributed by atoms with Gasteiger partial charge in [0.1, 0.15) is 0 Å². The van der Waals surface area contributed by atoms with Crippen molar-refractivity contribution in [3.63, 3.8) is 0 Å². The number of nitrogens with one attached hydrogen (secondary N) is 4. The average molecular weight is 633 g/mol. The molecule has 2 aromatic heterocycles. The molecule has 6 rings (SSSR count). The van der Waals surface area contributed by atoms with Gasteiger partial charge < -0.3 is 26.2 Å². The first-order chi connectivity index (χ1) is 22.8. The molecule has 238 valence electrons. The van der Waals surface area contributed by atoms with Crippen molar-refractivity contribution in [2.24, 2.45) is 0 Å². The Morgan fingerprint density at radius 2 is 1.57 bits per heavy atom. The van der Waals surface area contributed by atoms with E-state index in [-0.39, 0.29) is 17.9 Å². The Balaban J connectivity index is 1.04. The van der Waals surface area contributed by atoms with Crippen LogP contribution in [0.15, 0.2) is 91.5 Å². The van der Waals surface area contributed by atoms with Crippen LogP contribution in [0.25, 0.3) is 10.8 Å². The van der Waals surface area contributed by atoms with Crippen LogP contribution in [0, 0.1) is 6.92 Å². The van der Waals surface area contributed by atoms with E-state index in [9.17, 15) is 18.8 Å². The van der Waals surface area contributed by atoms with Crippen molar-refractivity contribution in [1.29, 1.82) is 0 Å². The average Bonchev–Trinajstić information content (AvgIpc) is 3.10. The molecule has 0 bridgehead atoms. The molecule has 1 aliphatic rings. The fourth-order valence-corrected chi connectivity index (χ4v) is 5.44. The molecule has 3 heterocycles. The smallest absolute Gasteiger partial charge is 0.256 e. The Hall–Kier alpha value is -5.91. The summed E-state index contributed by atoms with van der Waals surface area (Å²) in [6.45, 7) is 1.92. The summed E-state index contributed by atoms with van der Waals surface area (Å²) in [6, 6.07) is 20.2. The van der Waals surface area contributed by atoms with Crippen LogP contribution in [0.5, 0.6) is 0 Å². The lowest BCUT2D eigenvalue weighted by molar-refractivity contribution is -0.133. The largest absolute Gasteiger partial charge is 0.382 e. The molecule has 0 spiro atoms. The molecule has 5 aromatic rings. The van der Waals surface area contributed by atoms with E-state index in [1.54, 1.807) is 47.6 Å². The number of hydrogen-bond acceptors (Lipinski definition) is 8. The minimum Gasteiger partial charge on any atom is -0.382 e. The quantitative estimate of drug-likeness (QED) is 0.156. The number of benzene rings is 3. The van der Waals surface area contributed by atoms with Gasteiger partial charge in [-0.15, -0.1) is 0 Å². The molecule has 0 radical (unpaired) electrons. The minimum atomic E-state index is -0.956. The molecular weight excluding hydrogens is 599 g/mol. The number of halogens is 1. The number of rotatable bonds is 9. The molecule has 1 aliphatic heterocycles. The molecule has 47 heavy (non-hydrogen) atoms. The van der Waals surface area contributed by atoms with Crippen LogP contribution >= 0.6 is 0 Å². The number of carbonyl (C=O) groups is 3. The Labute approximate surface area is 270 Å². The predicted molar refractivity (Wildman–Crippen MR) is 180 cm³/mol. The summed E-state index contributed by atoms with van der Waals surface area (Å²) in [6.07, 6.45) is 7.92. The number of nitrogens with zero attached hydrogens (tertiary/aromatic N) is 4. The van der Waals surface area contributed by atoms with Crippen molar-refractivity contribution in [2.75, 3.05) is 41.0 Å². The van der Waals surface area contributed by atoms with Crippen molar-refractivity contribution < 1.29 is 18.8 Å². The van der Waals surface area contributed by atoms with E-state index in [1.807, 2.05) is 43.3 Å². The van der Waals surface area contributed by atoms with Crippen LogP contribution in [0.2, 0.25) is 0 Å². The lowest BCUT2D eigenvalue weighted by Crippen LogP contribution is -2.43. The second-order valence-corrected chi connectivity index (χ2v) is 11.3. The molecule has 0 unspecified atom stereocenters. The van der Waals surface area contributed by atoms with Gasteiger partial charge in [-0.3, -0.25) is 19.4 Å². The summed E-state index contributed by atoms with van der Waals surface area (Å²) in [5.74, 6) is -0.754. The highest BCUT2D eigenvalue weighted by Crippen LogP contribution is 2.23. The van der Waals surface area contributed by atoms with E-state index in [1.165, 1.54) is 12.4 Å². The van der Waals surface area contributed by atoms with E-state index in [0.29, 0.717) is 41.5 Å². The minimum absolute atomic E-state index is 0.177. The monoisotopic (exact) mass is 632 g/mol. The van der Waals surface area contributed by atoms with Crippen molar-refractivity contribution in [3.8, 4) is 0 Å². The maximum absolute atomic E-state index is 13.2. The van der Waals surface area contributed by atoms with Crippen LogP contribution in [-0.2, 0) is 4.79 Å². The number of piperidine rings is 1. The van der Waals surface area contributed by atoms with E-state index < -0.39 is 12.6 Å². The zero-order valence-corrected chi connectivity index (χ0v) is 25.7. The van der Waals surface area contributed by atoms with Gasteiger partial charge in [0.2, 0.25) is 5.95 Å². The zero-order valence-electron chi connectivity index (χ0n) is 25.7. The van der Waals surface area contributed by atoms with Gasteiger partial charge in [0.05, 0.1) is 18.1 Å². The Morgan fingerprint density at radius 3 is 2.36 bits per heavy atom. The van der Waals surface area contributed by atoms with Gasteiger partial charge in [0.25, 0.3) is 17.7 Å². The summed E-state index contributed by atoms with van der Waals surface area (Å²) >= 11 is 0. The number of anilines is 5. The summed E-state index contributed by atoms with van der Waals surface area (Å²) in [4.78, 5) is 52.1. The van der Waals surface area contributed by atoms with Gasteiger partial charge in [-0.25, -0.2) is 14.4 Å². The summed E-state index contributed by atoms with van der Waals surface area (Å²) in [7, 11) is 0. The lowest BCUT2D eigenvalue weighted by atomic mass is 10.0. The number of amides is 3. The Kier molecular flexibility index (Phi) is 9.28. The van der Waals surface area contributed by atoms with Crippen LogP contribution in [0.3, 0.4) is 0 Å². The number of hydrogen-bond donors (Lipinski definition) is 4. The van der Waals surface area contributed by atoms with Gasteiger partial charge >= 0.3 is 0 Å². The summed E-state index contributed by atoms with van der Waals surface area (Å²) < 4.78 is 12.7. The van der Waals surface area contributed by atoms with Crippen molar-refractivity contribution in [2.45, 2.75) is 25.8 Å². The first kappa shape index (κ1) is 31.1. The third kappa shape index (κ3) is 7.67. The predicted octanol–water partition coefficient (Wildman–Crippen LogP) is 5.95. The standard InChI is InChI=1S/C35H33FN8O3/c1-22-5-8-29(41-33(46)24-6-7-25-19-37-12-9-23(25)15-24)17-31(22)34(47)42-30-20-38-35(39-21-30)43-28-4-2-3-27(16-28)40-26-10-13-44(14-11-26)32(45)18-36/h2-9,12,15-17,19-21,26,40H,10-11,13-14,18H2,1H3,(H,41,46)(H,42,47)(H,38,39,43). The second kappa shape index (κ2) is 14.0. The maximum Gasteiger partial charge on any atom is 0.256 e. The molecule has 1 saturated heterocycles. The highest BCUT2D eigenvalue weighted by molar-refractivity contribution is 6.09. The fraction of sp³-hybridized carbons (Fsp3) is 0.200. The molecule has 0 atom stereocenters. The van der Waals surface area contributed by atoms with Crippen LogP contribution in [-0.4, -0.2) is 63.4 Å². The van der Waals surface area contributed by atoms with Gasteiger partial charge in [0.15, 0.2) is 6.67 Å². The second-order valence-electron chi connectivity index (χ2n) is 11.3. The van der Waals surface area contributed by atoms with Gasteiger partial charge in [-0.05, 0) is 79.2 Å². The Morgan fingerprint density at radius 1 is 0.809 bits per heavy atom. The molecule has 4 N–H and O–H groups in total. The van der Waals surface area contributed by atoms with Gasteiger partial charge in [0, 0.05) is 65.1 Å². The molecule has 3 amide bonds. The first-order valence-electron chi connectivity index (χ1n) is 15.2. The molecule has 11 nitrogen and oxygen atoms in total. The van der Waals surface area contributed by atoms with Gasteiger partial charge in [-0.1, -0.05) is 18.2 Å². The van der Waals surface area contributed by atoms with Crippen LogP contribution < -0.4 is 21.3 Å². The van der Waals surface area contributed by atoms with E-state index in [2.05, 4.69) is 36.2 Å². The summed E-state index contributed by atoms with van der Waals surface area (Å²) in [5, 5.41) is 14.2. The molecule has 0 aliphatic carbocycles. The molecule has 3 aromatic carbocycles. The van der Waals surface area contributed by atoms with E-state index >= 15 is 0 Å². The third-order valence-electron chi connectivity index (χ3n) is 8.00. The molecule has 1 fully saturated rings. The number of likely N-dealkylation sites (tertiary alicyclic amines) is 1. The van der Waals surface area contributed by atoms with E-state index in [4.69, 9.17) is 0 Å². The lowest BCUT2D eigenvalue weighted by Gasteiger charge is -2.32. The number of carbonyl (C=O) groups excluding carboxylic acids is 3. The number of aryl methyl sites for hydroxylation is 1. The molecule has 0 saturated carbocycles. The number of pyridine rings is 1. The van der Waals surface area contributed by atoms with E-state index in [0.717, 1.165) is 40.6 Å². The Bertz CT molecular complexity index is 1930. The topological polar surface area (TPSA) is 141 Å². The zero-order chi connectivity index (χ0) is 32.8. The van der Waals surface area contributed by atoms with Gasteiger partial charge in [-0.2, -0.15) is 0 Å². The van der Waals surface area contributed by atoms with Crippen molar-refractivity contribution in [3.05, 3.63) is 108 Å². The molecule has 12 heteroatoms. The molecular formula is C35H33FN8O3. The first-order valence-corrected chi connectivity index (χ1v) is 15.2. The van der Waals surface area contributed by atoms with Crippen molar-refractivity contribution >= 4 is 57.2 Å². The van der Waals surface area contributed by atoms with Crippen molar-refractivity contribution in [1.82, 2.24) is 19.9 Å². The number of aromatic nitrogens is 3. The van der Waals surface area contributed by atoms with Crippen LogP contribution in [0.4, 0.5) is 33.1 Å². The summed E-state index contributed by atoms with van der Waals surface area (Å²) in [5.41, 5.74) is 4.21. The normalized spacial score (nSPS) is 13.2. The third-order valence-corrected chi connectivity index (χ3v) is 8.00.